The maximum atomic E-state index is 11.1. The van der Waals surface area contributed by atoms with Crippen molar-refractivity contribution in [2.24, 2.45) is 0 Å². The number of rotatable bonds is 5. The maximum absolute atomic E-state index is 11.1. The molecule has 1 aromatic rings. The zero-order chi connectivity index (χ0) is 12.0. The Bertz CT molecular complexity index is 371. The van der Waals surface area contributed by atoms with Crippen LogP contribution in [0.15, 0.2) is 22.7 Å². The molecule has 1 aromatic carbocycles. The van der Waals surface area contributed by atoms with E-state index < -0.39 is 0 Å². The number of hydrogen-bond donors (Lipinski definition) is 1. The molecule has 0 heterocycles. The lowest BCUT2D eigenvalue weighted by Gasteiger charge is -2.07. The molecule has 0 aliphatic heterocycles. The van der Waals surface area contributed by atoms with E-state index in [2.05, 4.69) is 21.2 Å². The smallest absolute Gasteiger partial charge is 0.307 e. The normalized spacial score (nSPS) is 9.94. The Morgan fingerprint density at radius 2 is 2.31 bits per heavy atom. The van der Waals surface area contributed by atoms with Gasteiger partial charge in [-0.2, -0.15) is 0 Å². The number of esters is 1. The third kappa shape index (κ3) is 4.41. The van der Waals surface area contributed by atoms with E-state index in [-0.39, 0.29) is 5.97 Å². The van der Waals surface area contributed by atoms with Crippen molar-refractivity contribution in [1.82, 2.24) is 0 Å². The predicted molar refractivity (Wildman–Crippen MR) is 68.9 cm³/mol. The molecule has 0 atom stereocenters. The summed E-state index contributed by atoms with van der Waals surface area (Å²) in [7, 11) is 0. The minimum atomic E-state index is -0.192. The van der Waals surface area contributed by atoms with Gasteiger partial charge in [0.1, 0.15) is 0 Å². The molecule has 0 aromatic heterocycles. The second-order valence-electron chi connectivity index (χ2n) is 3.11. The molecule has 0 aliphatic carbocycles. The number of carbonyl (C=O) groups is 1. The third-order valence-corrected chi connectivity index (χ3v) is 3.10. The van der Waals surface area contributed by atoms with Crippen LogP contribution in [0.3, 0.4) is 0 Å². The van der Waals surface area contributed by atoms with E-state index in [9.17, 15) is 4.79 Å². The molecule has 0 saturated carbocycles. The summed E-state index contributed by atoms with van der Waals surface area (Å²) >= 11 is 9.19. The Kier molecular flexibility index (Phi) is 5.63. The molecule has 0 fully saturated rings. The van der Waals surface area contributed by atoms with Crippen molar-refractivity contribution >= 4 is 39.2 Å². The van der Waals surface area contributed by atoms with Gasteiger partial charge < -0.3 is 10.1 Å². The number of ether oxygens (including phenoxy) is 1. The van der Waals surface area contributed by atoms with Crippen LogP contribution in [0.5, 0.6) is 0 Å². The molecule has 5 heteroatoms. The lowest BCUT2D eigenvalue weighted by atomic mass is 10.3. The van der Waals surface area contributed by atoms with Gasteiger partial charge in [0.15, 0.2) is 0 Å². The molecule has 88 valence electrons. The summed E-state index contributed by atoms with van der Waals surface area (Å²) in [6, 6.07) is 5.52. The first-order valence-corrected chi connectivity index (χ1v) is 6.15. The van der Waals surface area contributed by atoms with Crippen molar-refractivity contribution in [3.05, 3.63) is 27.7 Å². The molecule has 0 aliphatic rings. The summed E-state index contributed by atoms with van der Waals surface area (Å²) in [4.78, 5) is 11.1. The van der Waals surface area contributed by atoms with Gasteiger partial charge in [0.25, 0.3) is 0 Å². The highest BCUT2D eigenvalue weighted by molar-refractivity contribution is 9.10. The van der Waals surface area contributed by atoms with Crippen LogP contribution in [-0.4, -0.2) is 19.1 Å². The minimum absolute atomic E-state index is 0.192. The highest BCUT2D eigenvalue weighted by Crippen LogP contribution is 2.25. The molecule has 0 radical (unpaired) electrons. The van der Waals surface area contributed by atoms with Crippen LogP contribution < -0.4 is 5.32 Å². The fraction of sp³-hybridized carbons (Fsp3) is 0.364. The molecule has 1 rings (SSSR count). The monoisotopic (exact) mass is 305 g/mol. The van der Waals surface area contributed by atoms with E-state index in [1.807, 2.05) is 12.1 Å². The van der Waals surface area contributed by atoms with Gasteiger partial charge in [0.2, 0.25) is 0 Å². The maximum Gasteiger partial charge on any atom is 0.307 e. The second kappa shape index (κ2) is 6.76. The molecule has 0 amide bonds. The van der Waals surface area contributed by atoms with Crippen LogP contribution in [0, 0.1) is 0 Å². The quantitative estimate of drug-likeness (QED) is 0.847. The zero-order valence-electron chi connectivity index (χ0n) is 8.93. The number of halogens is 2. The number of anilines is 1. The van der Waals surface area contributed by atoms with Crippen LogP contribution in [0.2, 0.25) is 5.02 Å². The number of carbonyl (C=O) groups excluding carboxylic acids is 1. The van der Waals surface area contributed by atoms with Crippen molar-refractivity contribution in [1.29, 1.82) is 0 Å². The summed E-state index contributed by atoms with van der Waals surface area (Å²) in [5, 5.41) is 3.78. The summed E-state index contributed by atoms with van der Waals surface area (Å²) in [6.45, 7) is 2.76. The van der Waals surface area contributed by atoms with E-state index in [1.165, 1.54) is 0 Å². The van der Waals surface area contributed by atoms with Crippen LogP contribution >= 0.6 is 27.5 Å². The number of nitrogens with one attached hydrogen (secondary N) is 1. The Hall–Kier alpha value is -0.740. The van der Waals surface area contributed by atoms with Crippen molar-refractivity contribution in [2.75, 3.05) is 18.5 Å². The third-order valence-electron chi connectivity index (χ3n) is 1.88. The summed E-state index contributed by atoms with van der Waals surface area (Å²) in [6.07, 6.45) is 0.355. The first-order chi connectivity index (χ1) is 7.63. The van der Waals surface area contributed by atoms with Crippen molar-refractivity contribution in [2.45, 2.75) is 13.3 Å². The van der Waals surface area contributed by atoms with Gasteiger partial charge in [-0.05, 0) is 41.1 Å². The van der Waals surface area contributed by atoms with Gasteiger partial charge in [-0.15, -0.1) is 0 Å². The van der Waals surface area contributed by atoms with Crippen LogP contribution in [0.4, 0.5) is 5.69 Å². The zero-order valence-corrected chi connectivity index (χ0v) is 11.3. The first kappa shape index (κ1) is 13.3. The molecule has 0 bridgehead atoms. The Morgan fingerprint density at radius 3 is 2.94 bits per heavy atom. The molecule has 0 saturated heterocycles. The molecule has 3 nitrogen and oxygen atoms in total. The average molecular weight is 307 g/mol. The van der Waals surface area contributed by atoms with E-state index >= 15 is 0 Å². The lowest BCUT2D eigenvalue weighted by molar-refractivity contribution is -0.142. The van der Waals surface area contributed by atoms with Gasteiger partial charge in [-0.25, -0.2) is 0 Å². The SMILES string of the molecule is CCOC(=O)CCNc1ccc(Cl)c(Br)c1. The summed E-state index contributed by atoms with van der Waals surface area (Å²) in [5.41, 5.74) is 0.917. The Balaban J connectivity index is 2.37. The van der Waals surface area contributed by atoms with Gasteiger partial charge in [0, 0.05) is 16.7 Å². The number of hydrogen-bond acceptors (Lipinski definition) is 3. The molecule has 0 spiro atoms. The van der Waals surface area contributed by atoms with Gasteiger partial charge in [0.05, 0.1) is 18.1 Å². The van der Waals surface area contributed by atoms with Crippen molar-refractivity contribution in [3.8, 4) is 0 Å². The van der Waals surface area contributed by atoms with E-state index in [0.29, 0.717) is 24.6 Å². The predicted octanol–water partition coefficient (Wildman–Crippen LogP) is 3.47. The largest absolute Gasteiger partial charge is 0.466 e. The highest BCUT2D eigenvalue weighted by atomic mass is 79.9. The van der Waals surface area contributed by atoms with Crippen LogP contribution in [0.25, 0.3) is 0 Å². The average Bonchev–Trinajstić information content (AvgIpc) is 2.24. The molecule has 0 unspecified atom stereocenters. The summed E-state index contributed by atoms with van der Waals surface area (Å²) < 4.78 is 5.64. The standard InChI is InChI=1S/C11H13BrClNO2/c1-2-16-11(15)5-6-14-8-3-4-10(13)9(12)7-8/h3-4,7,14H,2,5-6H2,1H3. The minimum Gasteiger partial charge on any atom is -0.466 e. The summed E-state index contributed by atoms with van der Waals surface area (Å²) in [5.74, 6) is -0.192. The van der Waals surface area contributed by atoms with E-state index in [4.69, 9.17) is 16.3 Å². The van der Waals surface area contributed by atoms with Crippen molar-refractivity contribution in [3.63, 3.8) is 0 Å². The molecular weight excluding hydrogens is 293 g/mol. The first-order valence-electron chi connectivity index (χ1n) is 4.98. The number of benzene rings is 1. The van der Waals surface area contributed by atoms with Gasteiger partial charge in [-0.1, -0.05) is 11.6 Å². The topological polar surface area (TPSA) is 38.3 Å². The highest BCUT2D eigenvalue weighted by Gasteiger charge is 2.02. The van der Waals surface area contributed by atoms with E-state index in [1.54, 1.807) is 13.0 Å². The van der Waals surface area contributed by atoms with Crippen LogP contribution in [-0.2, 0) is 9.53 Å². The van der Waals surface area contributed by atoms with Gasteiger partial charge >= 0.3 is 5.97 Å². The molecule has 1 N–H and O–H groups in total. The van der Waals surface area contributed by atoms with Gasteiger partial charge in [-0.3, -0.25) is 4.79 Å². The fourth-order valence-electron chi connectivity index (χ4n) is 1.15. The Labute approximate surface area is 108 Å². The molecular formula is C11H13BrClNO2. The lowest BCUT2D eigenvalue weighted by Crippen LogP contribution is -2.11. The van der Waals surface area contributed by atoms with Crippen LogP contribution in [0.1, 0.15) is 13.3 Å². The fourth-order valence-corrected chi connectivity index (χ4v) is 1.64. The van der Waals surface area contributed by atoms with Crippen molar-refractivity contribution < 1.29 is 9.53 Å². The van der Waals surface area contributed by atoms with E-state index in [0.717, 1.165) is 10.2 Å². The molecule has 16 heavy (non-hydrogen) atoms. The Morgan fingerprint density at radius 1 is 1.56 bits per heavy atom. The second-order valence-corrected chi connectivity index (χ2v) is 4.37.